The van der Waals surface area contributed by atoms with Gasteiger partial charge in [-0.1, -0.05) is 49.4 Å². The molecule has 21 heavy (non-hydrogen) atoms. The van der Waals surface area contributed by atoms with Crippen LogP contribution in [-0.4, -0.2) is 16.1 Å². The van der Waals surface area contributed by atoms with Crippen molar-refractivity contribution in [3.8, 4) is 0 Å². The first-order chi connectivity index (χ1) is 10.1. The van der Waals surface area contributed by atoms with Gasteiger partial charge in [0.15, 0.2) is 0 Å². The minimum absolute atomic E-state index is 0.251. The summed E-state index contributed by atoms with van der Waals surface area (Å²) in [7, 11) is 0. The van der Waals surface area contributed by atoms with Gasteiger partial charge in [-0.25, -0.2) is 0 Å². The summed E-state index contributed by atoms with van der Waals surface area (Å²) < 4.78 is 0. The Morgan fingerprint density at radius 2 is 1.95 bits per heavy atom. The molecule has 1 heterocycles. The smallest absolute Gasteiger partial charge is 0.218 e. The third kappa shape index (κ3) is 2.29. The van der Waals surface area contributed by atoms with Gasteiger partial charge in [-0.3, -0.25) is 9.89 Å². The van der Waals surface area contributed by atoms with Gasteiger partial charge in [0.2, 0.25) is 5.91 Å². The number of rotatable bonds is 4. The molecule has 3 aromatic rings. The normalized spacial score (nSPS) is 14.0. The van der Waals surface area contributed by atoms with Crippen LogP contribution in [0, 0.1) is 0 Å². The summed E-state index contributed by atoms with van der Waals surface area (Å²) in [6.07, 6.45) is 2.05. The Kier molecular flexibility index (Phi) is 3.22. The maximum Gasteiger partial charge on any atom is 0.218 e. The van der Waals surface area contributed by atoms with Crippen LogP contribution >= 0.6 is 0 Å². The lowest BCUT2D eigenvalue weighted by Gasteiger charge is -2.30. The lowest BCUT2D eigenvalue weighted by molar-refractivity contribution is -0.118. The number of aromatic amines is 1. The molecule has 0 bridgehead atoms. The summed E-state index contributed by atoms with van der Waals surface area (Å²) in [5.41, 5.74) is 8.11. The van der Waals surface area contributed by atoms with E-state index in [0.29, 0.717) is 0 Å². The topological polar surface area (TPSA) is 71.8 Å². The van der Waals surface area contributed by atoms with E-state index in [0.717, 1.165) is 22.0 Å². The largest absolute Gasteiger partial charge is 0.370 e. The number of nitrogens with two attached hydrogens (primary N) is 1. The molecule has 0 radical (unpaired) electrons. The highest BCUT2D eigenvalue weighted by Crippen LogP contribution is 2.38. The van der Waals surface area contributed by atoms with Crippen molar-refractivity contribution in [2.24, 2.45) is 5.73 Å². The number of carbonyl (C=O) groups is 1. The zero-order chi connectivity index (χ0) is 14.9. The molecule has 0 saturated carbocycles. The Labute approximate surface area is 123 Å². The van der Waals surface area contributed by atoms with Crippen LogP contribution in [0.2, 0.25) is 0 Å². The van der Waals surface area contributed by atoms with E-state index >= 15 is 0 Å². The van der Waals surface area contributed by atoms with E-state index in [-0.39, 0.29) is 12.3 Å². The van der Waals surface area contributed by atoms with Crippen molar-refractivity contribution in [3.63, 3.8) is 0 Å². The van der Waals surface area contributed by atoms with Crippen LogP contribution in [-0.2, 0) is 10.2 Å². The summed E-state index contributed by atoms with van der Waals surface area (Å²) in [4.78, 5) is 11.6. The second-order valence-electron chi connectivity index (χ2n) is 5.48. The van der Waals surface area contributed by atoms with Crippen molar-refractivity contribution in [2.75, 3.05) is 0 Å². The Hall–Kier alpha value is -2.62. The number of fused-ring (bicyclic) bond motifs is 1. The minimum Gasteiger partial charge on any atom is -0.370 e. The van der Waals surface area contributed by atoms with E-state index in [4.69, 9.17) is 5.73 Å². The highest BCUT2D eigenvalue weighted by molar-refractivity contribution is 5.85. The van der Waals surface area contributed by atoms with Gasteiger partial charge in [0.25, 0.3) is 0 Å². The van der Waals surface area contributed by atoms with E-state index in [1.807, 2.05) is 48.5 Å². The molecule has 1 amide bonds. The minimum atomic E-state index is -0.476. The highest BCUT2D eigenvalue weighted by atomic mass is 16.1. The number of aromatic nitrogens is 2. The third-order valence-corrected chi connectivity index (χ3v) is 4.02. The Bertz CT molecular complexity index is 779. The number of carbonyl (C=O) groups excluding carboxylic acids is 1. The molecule has 0 spiro atoms. The monoisotopic (exact) mass is 279 g/mol. The van der Waals surface area contributed by atoms with Crippen LogP contribution in [0.4, 0.5) is 0 Å². The molecular weight excluding hydrogens is 262 g/mol. The van der Waals surface area contributed by atoms with Crippen LogP contribution in [0.15, 0.2) is 54.7 Å². The van der Waals surface area contributed by atoms with Gasteiger partial charge >= 0.3 is 0 Å². The molecule has 1 aromatic heterocycles. The molecule has 3 N–H and O–H groups in total. The van der Waals surface area contributed by atoms with Gasteiger partial charge in [0.05, 0.1) is 11.7 Å². The van der Waals surface area contributed by atoms with E-state index in [2.05, 4.69) is 17.1 Å². The Morgan fingerprint density at radius 3 is 2.67 bits per heavy atom. The molecule has 4 heteroatoms. The summed E-state index contributed by atoms with van der Waals surface area (Å²) in [6.45, 7) is 2.05. The average molecular weight is 279 g/mol. The molecule has 106 valence electrons. The predicted molar refractivity (Wildman–Crippen MR) is 82.8 cm³/mol. The van der Waals surface area contributed by atoms with Gasteiger partial charge in [0.1, 0.15) is 0 Å². The fourth-order valence-electron chi connectivity index (χ4n) is 2.96. The third-order valence-electron chi connectivity index (χ3n) is 4.02. The first-order valence-electron chi connectivity index (χ1n) is 6.88. The molecule has 0 saturated heterocycles. The van der Waals surface area contributed by atoms with Crippen LogP contribution in [0.5, 0.6) is 0 Å². The maximum absolute atomic E-state index is 11.6. The molecule has 4 nitrogen and oxygen atoms in total. The number of benzene rings is 2. The number of primary amides is 1. The quantitative estimate of drug-likeness (QED) is 0.770. The van der Waals surface area contributed by atoms with Crippen molar-refractivity contribution >= 4 is 16.8 Å². The molecular formula is C17H17N3O. The van der Waals surface area contributed by atoms with Crippen LogP contribution in [0.25, 0.3) is 10.9 Å². The lowest BCUT2D eigenvalue weighted by Crippen LogP contribution is -2.30. The van der Waals surface area contributed by atoms with Gasteiger partial charge in [-0.2, -0.15) is 5.10 Å². The number of nitrogens with one attached hydrogen (secondary N) is 1. The van der Waals surface area contributed by atoms with E-state index in [1.54, 1.807) is 6.20 Å². The fraction of sp³-hybridized carbons (Fsp3) is 0.176. The second kappa shape index (κ2) is 5.05. The molecule has 2 aromatic carbocycles. The summed E-state index contributed by atoms with van der Waals surface area (Å²) in [6, 6.07) is 16.0. The van der Waals surface area contributed by atoms with E-state index < -0.39 is 5.41 Å². The van der Waals surface area contributed by atoms with E-state index in [9.17, 15) is 4.79 Å². The summed E-state index contributed by atoms with van der Waals surface area (Å²) in [5.74, 6) is -0.318. The molecule has 1 atom stereocenters. The van der Waals surface area contributed by atoms with Gasteiger partial charge in [0, 0.05) is 17.2 Å². The lowest BCUT2D eigenvalue weighted by atomic mass is 9.72. The summed E-state index contributed by atoms with van der Waals surface area (Å²) >= 11 is 0. The zero-order valence-electron chi connectivity index (χ0n) is 11.8. The maximum atomic E-state index is 11.6. The van der Waals surface area contributed by atoms with Gasteiger partial charge < -0.3 is 5.73 Å². The van der Waals surface area contributed by atoms with Crippen molar-refractivity contribution in [2.45, 2.75) is 18.8 Å². The standard InChI is InChI=1S/C17H17N3O/c1-17(10-16(18)21,12-6-3-2-4-7-12)14-8-5-9-15-13(14)11-19-20-15/h2-9,11H,10H2,1H3,(H2,18,21)(H,19,20). The number of nitrogens with zero attached hydrogens (tertiary/aromatic N) is 1. The van der Waals surface area contributed by atoms with Gasteiger partial charge in [-0.15, -0.1) is 0 Å². The first kappa shape index (κ1) is 13.4. The van der Waals surface area contributed by atoms with Crippen molar-refractivity contribution in [1.29, 1.82) is 0 Å². The van der Waals surface area contributed by atoms with Gasteiger partial charge in [-0.05, 0) is 17.2 Å². The number of hydrogen-bond acceptors (Lipinski definition) is 2. The molecule has 3 rings (SSSR count). The number of amides is 1. The second-order valence-corrected chi connectivity index (χ2v) is 5.48. The first-order valence-corrected chi connectivity index (χ1v) is 6.88. The number of hydrogen-bond donors (Lipinski definition) is 2. The SMILES string of the molecule is CC(CC(N)=O)(c1ccccc1)c1cccc2[nH]ncc12. The molecule has 0 aliphatic carbocycles. The fourth-order valence-corrected chi connectivity index (χ4v) is 2.96. The molecule has 0 aliphatic heterocycles. The number of H-pyrrole nitrogens is 1. The van der Waals surface area contributed by atoms with Crippen molar-refractivity contribution in [3.05, 3.63) is 65.9 Å². The predicted octanol–water partition coefficient (Wildman–Crippen LogP) is 2.74. The van der Waals surface area contributed by atoms with E-state index in [1.165, 1.54) is 0 Å². The highest BCUT2D eigenvalue weighted by Gasteiger charge is 2.32. The Balaban J connectivity index is 2.25. The van der Waals surface area contributed by atoms with Crippen molar-refractivity contribution in [1.82, 2.24) is 10.2 Å². The molecule has 0 fully saturated rings. The molecule has 0 aliphatic rings. The van der Waals surface area contributed by atoms with Crippen LogP contribution < -0.4 is 5.73 Å². The van der Waals surface area contributed by atoms with Crippen molar-refractivity contribution < 1.29 is 4.79 Å². The average Bonchev–Trinajstić information content (AvgIpc) is 2.95. The summed E-state index contributed by atoms with van der Waals surface area (Å²) in [5, 5.41) is 8.10. The van der Waals surface area contributed by atoms with Crippen LogP contribution in [0.3, 0.4) is 0 Å². The zero-order valence-corrected chi connectivity index (χ0v) is 11.8. The Morgan fingerprint density at radius 1 is 1.19 bits per heavy atom. The van der Waals surface area contributed by atoms with Crippen LogP contribution in [0.1, 0.15) is 24.5 Å². The molecule has 1 unspecified atom stereocenters.